The van der Waals surface area contributed by atoms with Crippen molar-refractivity contribution in [3.63, 3.8) is 0 Å². The molecule has 1 aromatic heterocycles. The van der Waals surface area contributed by atoms with Crippen molar-refractivity contribution in [2.24, 2.45) is 0 Å². The molecular weight excluding hydrogens is 232 g/mol. The van der Waals surface area contributed by atoms with Gasteiger partial charge in [0.25, 0.3) is 0 Å². The van der Waals surface area contributed by atoms with Gasteiger partial charge in [-0.05, 0) is 51.5 Å². The first kappa shape index (κ1) is 12.2. The number of hydrogen-bond acceptors (Lipinski definition) is 1. The largest absolute Gasteiger partial charge is 0.259 e. The summed E-state index contributed by atoms with van der Waals surface area (Å²) in [6.07, 6.45) is 0. The number of hydrogen-bond donors (Lipinski definition) is 0. The Bertz CT molecular complexity index is 518. The van der Waals surface area contributed by atoms with Crippen molar-refractivity contribution in [1.29, 1.82) is 0 Å². The summed E-state index contributed by atoms with van der Waals surface area (Å²) in [5.41, 5.74) is 3.28. The highest BCUT2D eigenvalue weighted by atomic mass is 35.5. The average Bonchev–Trinajstić information content (AvgIpc) is 2.61. The number of nitrogens with zero attached hydrogens (tertiary/aromatic N) is 2. The van der Waals surface area contributed by atoms with E-state index < -0.39 is 0 Å². The molecule has 0 aliphatic heterocycles. The van der Waals surface area contributed by atoms with Crippen molar-refractivity contribution < 1.29 is 0 Å². The van der Waals surface area contributed by atoms with Crippen LogP contribution in [0.25, 0.3) is 11.3 Å². The molecule has 0 fully saturated rings. The molecule has 0 spiro atoms. The fourth-order valence-electron chi connectivity index (χ4n) is 1.84. The Balaban J connectivity index is 2.55. The van der Waals surface area contributed by atoms with Crippen molar-refractivity contribution in [1.82, 2.24) is 9.78 Å². The van der Waals surface area contributed by atoms with Gasteiger partial charge in [-0.1, -0.05) is 23.7 Å². The molecule has 90 valence electrons. The number of halogens is 1. The summed E-state index contributed by atoms with van der Waals surface area (Å²) in [4.78, 5) is 0. The molecule has 0 amide bonds. The van der Waals surface area contributed by atoms with E-state index >= 15 is 0 Å². The molecule has 2 aromatic rings. The van der Waals surface area contributed by atoms with E-state index in [4.69, 9.17) is 11.6 Å². The van der Waals surface area contributed by atoms with Gasteiger partial charge >= 0.3 is 0 Å². The molecule has 2 nitrogen and oxygen atoms in total. The molecule has 1 aromatic carbocycles. The Morgan fingerprint density at radius 2 is 1.71 bits per heavy atom. The molecule has 2 rings (SSSR count). The molecule has 3 heteroatoms. The standard InChI is InChI=1S/C14H17ClN2/c1-10-9-13(17(16-10)14(2,3)4)11-5-7-12(15)8-6-11/h5-9H,1-4H3. The van der Waals surface area contributed by atoms with Gasteiger partial charge in [-0.25, -0.2) is 0 Å². The molecule has 1 heterocycles. The van der Waals surface area contributed by atoms with Crippen LogP contribution in [-0.4, -0.2) is 9.78 Å². The summed E-state index contributed by atoms with van der Waals surface area (Å²) in [7, 11) is 0. The lowest BCUT2D eigenvalue weighted by atomic mass is 10.1. The number of rotatable bonds is 1. The van der Waals surface area contributed by atoms with Crippen LogP contribution < -0.4 is 0 Å². The van der Waals surface area contributed by atoms with E-state index in [0.29, 0.717) is 0 Å². The Morgan fingerprint density at radius 1 is 1.12 bits per heavy atom. The van der Waals surface area contributed by atoms with Crippen molar-refractivity contribution in [3.05, 3.63) is 41.0 Å². The van der Waals surface area contributed by atoms with E-state index in [1.54, 1.807) is 0 Å². The first-order chi connectivity index (χ1) is 7.88. The number of benzene rings is 1. The fraction of sp³-hybridized carbons (Fsp3) is 0.357. The minimum Gasteiger partial charge on any atom is -0.259 e. The van der Waals surface area contributed by atoms with Gasteiger partial charge in [0, 0.05) is 5.02 Å². The van der Waals surface area contributed by atoms with Crippen LogP contribution in [0.1, 0.15) is 26.5 Å². The molecule has 0 saturated heterocycles. The Hall–Kier alpha value is -1.28. The molecule has 17 heavy (non-hydrogen) atoms. The van der Waals surface area contributed by atoms with Crippen LogP contribution in [0.2, 0.25) is 5.02 Å². The topological polar surface area (TPSA) is 17.8 Å². The average molecular weight is 249 g/mol. The van der Waals surface area contributed by atoms with Crippen molar-refractivity contribution >= 4 is 11.6 Å². The maximum Gasteiger partial charge on any atom is 0.0691 e. The van der Waals surface area contributed by atoms with Crippen LogP contribution in [0.5, 0.6) is 0 Å². The lowest BCUT2D eigenvalue weighted by Crippen LogP contribution is -2.24. The normalized spacial score (nSPS) is 11.8. The third kappa shape index (κ3) is 2.52. The first-order valence-electron chi connectivity index (χ1n) is 5.71. The van der Waals surface area contributed by atoms with E-state index in [-0.39, 0.29) is 5.54 Å². The van der Waals surface area contributed by atoms with E-state index in [0.717, 1.165) is 22.0 Å². The lowest BCUT2D eigenvalue weighted by Gasteiger charge is -2.22. The smallest absolute Gasteiger partial charge is 0.0691 e. The molecular formula is C14H17ClN2. The van der Waals surface area contributed by atoms with Crippen LogP contribution in [0.4, 0.5) is 0 Å². The second-order valence-corrected chi connectivity index (χ2v) is 5.70. The molecule has 0 saturated carbocycles. The number of aryl methyl sites for hydroxylation is 1. The highest BCUT2D eigenvalue weighted by molar-refractivity contribution is 6.30. The monoisotopic (exact) mass is 248 g/mol. The van der Waals surface area contributed by atoms with Crippen LogP contribution >= 0.6 is 11.6 Å². The molecule has 0 unspecified atom stereocenters. The maximum atomic E-state index is 5.91. The predicted octanol–water partition coefficient (Wildman–Crippen LogP) is 4.27. The SMILES string of the molecule is Cc1cc(-c2ccc(Cl)cc2)n(C(C)(C)C)n1. The zero-order valence-corrected chi connectivity index (χ0v) is 11.4. The summed E-state index contributed by atoms with van der Waals surface area (Å²) in [5.74, 6) is 0. The Labute approximate surface area is 107 Å². The molecule has 0 atom stereocenters. The molecule has 0 aliphatic rings. The minimum absolute atomic E-state index is 0.0246. The number of aromatic nitrogens is 2. The van der Waals surface area contributed by atoms with Gasteiger partial charge in [0.05, 0.1) is 16.9 Å². The van der Waals surface area contributed by atoms with E-state index in [1.807, 2.05) is 31.2 Å². The maximum absolute atomic E-state index is 5.91. The van der Waals surface area contributed by atoms with E-state index in [1.165, 1.54) is 0 Å². The highest BCUT2D eigenvalue weighted by Gasteiger charge is 2.19. The third-order valence-corrected chi connectivity index (χ3v) is 2.86. The van der Waals surface area contributed by atoms with Crippen LogP contribution in [0, 0.1) is 6.92 Å². The summed E-state index contributed by atoms with van der Waals surface area (Å²) in [6.45, 7) is 8.47. The quantitative estimate of drug-likeness (QED) is 0.737. The summed E-state index contributed by atoms with van der Waals surface area (Å²) in [5, 5.41) is 5.32. The summed E-state index contributed by atoms with van der Waals surface area (Å²) in [6, 6.07) is 9.98. The second-order valence-electron chi connectivity index (χ2n) is 5.26. The van der Waals surface area contributed by atoms with Gasteiger partial charge in [0.2, 0.25) is 0 Å². The third-order valence-electron chi connectivity index (χ3n) is 2.61. The van der Waals surface area contributed by atoms with Gasteiger partial charge in [-0.3, -0.25) is 4.68 Å². The zero-order valence-electron chi connectivity index (χ0n) is 10.7. The predicted molar refractivity (Wildman–Crippen MR) is 72.4 cm³/mol. The van der Waals surface area contributed by atoms with Crippen LogP contribution in [0.15, 0.2) is 30.3 Å². The summed E-state index contributed by atoms with van der Waals surface area (Å²) >= 11 is 5.91. The van der Waals surface area contributed by atoms with Gasteiger partial charge in [-0.15, -0.1) is 0 Å². The Kier molecular flexibility index (Phi) is 3.00. The van der Waals surface area contributed by atoms with Gasteiger partial charge in [-0.2, -0.15) is 5.10 Å². The minimum atomic E-state index is -0.0246. The molecule has 0 radical (unpaired) electrons. The Morgan fingerprint density at radius 3 is 2.24 bits per heavy atom. The molecule has 0 bridgehead atoms. The zero-order chi connectivity index (χ0) is 12.6. The molecule has 0 N–H and O–H groups in total. The summed E-state index contributed by atoms with van der Waals surface area (Å²) < 4.78 is 2.06. The van der Waals surface area contributed by atoms with Gasteiger partial charge < -0.3 is 0 Å². The second kappa shape index (κ2) is 4.19. The van der Waals surface area contributed by atoms with Crippen LogP contribution in [0.3, 0.4) is 0 Å². The van der Waals surface area contributed by atoms with E-state index in [9.17, 15) is 0 Å². The lowest BCUT2D eigenvalue weighted by molar-refractivity contribution is 0.358. The highest BCUT2D eigenvalue weighted by Crippen LogP contribution is 2.27. The van der Waals surface area contributed by atoms with Gasteiger partial charge in [0.1, 0.15) is 0 Å². The van der Waals surface area contributed by atoms with Crippen molar-refractivity contribution in [2.75, 3.05) is 0 Å². The molecule has 0 aliphatic carbocycles. The fourth-order valence-corrected chi connectivity index (χ4v) is 1.96. The van der Waals surface area contributed by atoms with Gasteiger partial charge in [0.15, 0.2) is 0 Å². The first-order valence-corrected chi connectivity index (χ1v) is 6.09. The van der Waals surface area contributed by atoms with E-state index in [2.05, 4.69) is 36.6 Å². The van der Waals surface area contributed by atoms with Crippen molar-refractivity contribution in [3.8, 4) is 11.3 Å². The van der Waals surface area contributed by atoms with Crippen LogP contribution in [-0.2, 0) is 5.54 Å². The van der Waals surface area contributed by atoms with Crippen molar-refractivity contribution in [2.45, 2.75) is 33.2 Å².